The van der Waals surface area contributed by atoms with Crippen LogP contribution in [0.1, 0.15) is 122 Å². The van der Waals surface area contributed by atoms with Crippen molar-refractivity contribution in [2.45, 2.75) is 124 Å². The number of unbranched alkanes of at least 4 members (excludes halogenated alkanes) is 13. The fourth-order valence-corrected chi connectivity index (χ4v) is 6.69. The summed E-state index contributed by atoms with van der Waals surface area (Å²) in [7, 11) is 0. The zero-order chi connectivity index (χ0) is 30.7. The van der Waals surface area contributed by atoms with E-state index >= 15 is 0 Å². The van der Waals surface area contributed by atoms with Crippen molar-refractivity contribution in [1.29, 1.82) is 0 Å². The summed E-state index contributed by atoms with van der Waals surface area (Å²) in [5, 5.41) is 0.645. The minimum absolute atomic E-state index is 0. The zero-order valence-corrected chi connectivity index (χ0v) is 30.7. The van der Waals surface area contributed by atoms with E-state index in [1.165, 1.54) is 93.9 Å². The van der Waals surface area contributed by atoms with Crippen molar-refractivity contribution in [3.63, 3.8) is 0 Å². The standard InChI is InChI=1S/C37H55ClN2O2S.BrH/c1-4-5-6-7-8-9-10-11-12-13-14-15-16-17-25-42-37-22-21-33(27-36(37)38)23-24-40(32(3)41)35-20-18-19-34(26-35)29-39-28-31(2)43-30-39;/h18-22,26-28H,4-17,23-25,29-30H2,1-3H3;1H. The topological polar surface area (TPSA) is 32.8 Å². The first-order chi connectivity index (χ1) is 21.0. The number of carbonyl (C=O) groups is 1. The first-order valence-electron chi connectivity index (χ1n) is 16.8. The van der Waals surface area contributed by atoms with Crippen molar-refractivity contribution in [2.75, 3.05) is 23.9 Å². The lowest BCUT2D eigenvalue weighted by molar-refractivity contribution is -0.116. The van der Waals surface area contributed by atoms with Crippen LogP contribution in [0.2, 0.25) is 5.02 Å². The Kier molecular flexibility index (Phi) is 20.0. The molecule has 246 valence electrons. The van der Waals surface area contributed by atoms with Gasteiger partial charge in [0.2, 0.25) is 5.91 Å². The number of rotatable bonds is 22. The third kappa shape index (κ3) is 15.1. The Hall–Kier alpha value is -1.63. The molecule has 2 aromatic rings. The van der Waals surface area contributed by atoms with Gasteiger partial charge in [0.1, 0.15) is 5.75 Å². The summed E-state index contributed by atoms with van der Waals surface area (Å²) in [6.45, 7) is 8.22. The van der Waals surface area contributed by atoms with Crippen LogP contribution in [-0.4, -0.2) is 29.8 Å². The van der Waals surface area contributed by atoms with E-state index in [-0.39, 0.29) is 22.9 Å². The highest BCUT2D eigenvalue weighted by atomic mass is 79.9. The molecule has 3 rings (SSSR count). The quantitative estimate of drug-likeness (QED) is 0.114. The Morgan fingerprint density at radius 1 is 0.886 bits per heavy atom. The van der Waals surface area contributed by atoms with E-state index in [2.05, 4.69) is 43.1 Å². The van der Waals surface area contributed by atoms with Crippen LogP contribution < -0.4 is 9.64 Å². The Morgan fingerprint density at radius 2 is 1.52 bits per heavy atom. The lowest BCUT2D eigenvalue weighted by Crippen LogP contribution is -2.30. The molecule has 0 aromatic heterocycles. The fraction of sp³-hybridized carbons (Fsp3) is 0.595. The van der Waals surface area contributed by atoms with E-state index in [9.17, 15) is 4.79 Å². The Bertz CT molecular complexity index is 1130. The molecule has 1 aliphatic rings. The van der Waals surface area contributed by atoms with Crippen molar-refractivity contribution in [2.24, 2.45) is 0 Å². The number of halogens is 2. The van der Waals surface area contributed by atoms with E-state index in [1.807, 2.05) is 40.9 Å². The van der Waals surface area contributed by atoms with E-state index in [0.717, 1.165) is 42.3 Å². The molecule has 0 spiro atoms. The number of thioether (sulfide) groups is 1. The molecule has 0 radical (unpaired) electrons. The molecule has 0 fully saturated rings. The molecule has 7 heteroatoms. The minimum Gasteiger partial charge on any atom is -0.492 e. The molecule has 1 aliphatic heterocycles. The van der Waals surface area contributed by atoms with Gasteiger partial charge in [-0.2, -0.15) is 0 Å². The van der Waals surface area contributed by atoms with Crippen molar-refractivity contribution in [1.82, 2.24) is 4.90 Å². The van der Waals surface area contributed by atoms with Gasteiger partial charge in [0.25, 0.3) is 0 Å². The number of benzene rings is 2. The Labute approximate surface area is 288 Å². The molecule has 44 heavy (non-hydrogen) atoms. The Morgan fingerprint density at radius 3 is 2.09 bits per heavy atom. The number of ether oxygens (including phenoxy) is 1. The van der Waals surface area contributed by atoms with E-state index in [0.29, 0.717) is 18.2 Å². The van der Waals surface area contributed by atoms with Gasteiger partial charge in [-0.15, -0.1) is 28.7 Å². The molecule has 0 N–H and O–H groups in total. The second-order valence-electron chi connectivity index (χ2n) is 12.1. The van der Waals surface area contributed by atoms with Crippen molar-refractivity contribution in [3.05, 3.63) is 69.7 Å². The van der Waals surface area contributed by atoms with Gasteiger partial charge < -0.3 is 14.5 Å². The SMILES string of the molecule is Br.CCCCCCCCCCCCCCCCOc1ccc(CCN(C(C)=O)c2cccc(CN3C=C(C)SC3)c2)cc1Cl. The summed E-state index contributed by atoms with van der Waals surface area (Å²) in [5.41, 5.74) is 3.25. The summed E-state index contributed by atoms with van der Waals surface area (Å²) in [6, 6.07) is 14.4. The molecular formula is C37H56BrClN2O2S. The van der Waals surface area contributed by atoms with Gasteiger partial charge in [-0.25, -0.2) is 0 Å². The molecular weight excluding hydrogens is 652 g/mol. The molecule has 1 heterocycles. The molecule has 2 aromatic carbocycles. The maximum absolute atomic E-state index is 12.6. The molecule has 0 atom stereocenters. The maximum atomic E-state index is 12.6. The average molecular weight is 708 g/mol. The Balaban J connectivity index is 0.00000675. The third-order valence-corrected chi connectivity index (χ3v) is 9.50. The molecule has 4 nitrogen and oxygen atoms in total. The van der Waals surface area contributed by atoms with E-state index in [4.69, 9.17) is 16.3 Å². The number of amides is 1. The lowest BCUT2D eigenvalue weighted by Gasteiger charge is -2.23. The fourth-order valence-electron chi connectivity index (χ4n) is 5.67. The number of nitrogens with zero attached hydrogens (tertiary/aromatic N) is 2. The van der Waals surface area contributed by atoms with Crippen LogP contribution in [0.25, 0.3) is 0 Å². The number of allylic oxidation sites excluding steroid dienone is 1. The van der Waals surface area contributed by atoms with Crippen LogP contribution in [0.4, 0.5) is 5.69 Å². The monoisotopic (exact) mass is 706 g/mol. The molecule has 0 bridgehead atoms. The highest BCUT2D eigenvalue weighted by molar-refractivity contribution is 8.93. The van der Waals surface area contributed by atoms with E-state index in [1.54, 1.807) is 6.92 Å². The van der Waals surface area contributed by atoms with Crippen LogP contribution in [0.15, 0.2) is 53.6 Å². The van der Waals surface area contributed by atoms with Gasteiger partial charge >= 0.3 is 0 Å². The van der Waals surface area contributed by atoms with Crippen LogP contribution in [-0.2, 0) is 17.8 Å². The van der Waals surface area contributed by atoms with Crippen LogP contribution in [0.5, 0.6) is 5.75 Å². The van der Waals surface area contributed by atoms with Gasteiger partial charge in [0.15, 0.2) is 0 Å². The van der Waals surface area contributed by atoms with Gasteiger partial charge in [-0.3, -0.25) is 4.79 Å². The van der Waals surface area contributed by atoms with Crippen molar-refractivity contribution >= 4 is 51.9 Å². The molecule has 1 amide bonds. The second-order valence-corrected chi connectivity index (χ2v) is 13.7. The van der Waals surface area contributed by atoms with Crippen LogP contribution in [0, 0.1) is 0 Å². The summed E-state index contributed by atoms with van der Waals surface area (Å²) < 4.78 is 6.00. The van der Waals surface area contributed by atoms with E-state index < -0.39 is 0 Å². The first-order valence-corrected chi connectivity index (χ1v) is 18.2. The largest absolute Gasteiger partial charge is 0.492 e. The van der Waals surface area contributed by atoms with Crippen LogP contribution >= 0.6 is 40.3 Å². The predicted molar refractivity (Wildman–Crippen MR) is 198 cm³/mol. The maximum Gasteiger partial charge on any atom is 0.223 e. The van der Waals surface area contributed by atoms with Crippen molar-refractivity contribution in [3.8, 4) is 5.75 Å². The predicted octanol–water partition coefficient (Wildman–Crippen LogP) is 11.7. The zero-order valence-electron chi connectivity index (χ0n) is 27.5. The minimum atomic E-state index is 0. The normalized spacial score (nSPS) is 12.6. The highest BCUT2D eigenvalue weighted by Crippen LogP contribution is 2.28. The highest BCUT2D eigenvalue weighted by Gasteiger charge is 2.15. The number of carbonyl (C=O) groups excluding carboxylic acids is 1. The average Bonchev–Trinajstić information content (AvgIpc) is 3.40. The van der Waals surface area contributed by atoms with Gasteiger partial charge in [0, 0.05) is 31.9 Å². The second kappa shape index (κ2) is 22.8. The van der Waals surface area contributed by atoms with Crippen molar-refractivity contribution < 1.29 is 9.53 Å². The molecule has 0 unspecified atom stereocenters. The number of hydrogen-bond donors (Lipinski definition) is 0. The van der Waals surface area contributed by atoms with Crippen LogP contribution in [0.3, 0.4) is 0 Å². The van der Waals surface area contributed by atoms with Gasteiger partial charge in [-0.05, 0) is 60.1 Å². The lowest BCUT2D eigenvalue weighted by atomic mass is 10.0. The summed E-state index contributed by atoms with van der Waals surface area (Å²) in [6.07, 6.45) is 21.9. The molecule has 0 aliphatic carbocycles. The molecule has 0 saturated carbocycles. The smallest absolute Gasteiger partial charge is 0.223 e. The van der Waals surface area contributed by atoms with Gasteiger partial charge in [0.05, 0.1) is 17.5 Å². The van der Waals surface area contributed by atoms with Gasteiger partial charge in [-0.1, -0.05) is 120 Å². The summed E-state index contributed by atoms with van der Waals surface area (Å²) in [5.74, 6) is 1.77. The number of hydrogen-bond acceptors (Lipinski definition) is 4. The first kappa shape index (κ1) is 38.6. The molecule has 0 saturated heterocycles. The summed E-state index contributed by atoms with van der Waals surface area (Å²) >= 11 is 8.45. The number of anilines is 1. The summed E-state index contributed by atoms with van der Waals surface area (Å²) in [4.78, 5) is 18.1. The third-order valence-electron chi connectivity index (χ3n) is 8.19.